The van der Waals surface area contributed by atoms with Gasteiger partial charge in [-0.1, -0.05) is 56.2 Å². The first-order valence-corrected chi connectivity index (χ1v) is 15.6. The molecule has 0 saturated carbocycles. The number of nitrogens with zero attached hydrogens (tertiary/aromatic N) is 4. The highest BCUT2D eigenvalue weighted by Crippen LogP contribution is 2.34. The number of carbonyl (C=O) groups excluding carboxylic acids is 1. The van der Waals surface area contributed by atoms with Gasteiger partial charge in [-0.25, -0.2) is 13.4 Å². The lowest BCUT2D eigenvalue weighted by Gasteiger charge is -2.34. The van der Waals surface area contributed by atoms with E-state index in [1.807, 2.05) is 19.1 Å². The van der Waals surface area contributed by atoms with E-state index in [-0.39, 0.29) is 16.8 Å². The zero-order valence-electron chi connectivity index (χ0n) is 21.7. The normalized spacial score (nSPS) is 16.9. The van der Waals surface area contributed by atoms with Crippen molar-refractivity contribution in [3.05, 3.63) is 53.1 Å². The Kier molecular flexibility index (Phi) is 9.24. The molecule has 1 aromatic heterocycles. The van der Waals surface area contributed by atoms with Gasteiger partial charge in [-0.15, -0.1) is 0 Å². The van der Waals surface area contributed by atoms with Crippen molar-refractivity contribution in [2.24, 2.45) is 0 Å². The second-order valence-electron chi connectivity index (χ2n) is 9.26. The molecule has 1 saturated heterocycles. The molecule has 2 heterocycles. The van der Waals surface area contributed by atoms with Crippen LogP contribution in [0.15, 0.2) is 47.4 Å². The highest BCUT2D eigenvalue weighted by molar-refractivity contribution is 7.89. The van der Waals surface area contributed by atoms with E-state index in [0.717, 1.165) is 43.5 Å². The minimum absolute atomic E-state index is 0.0292. The predicted molar refractivity (Wildman–Crippen MR) is 152 cm³/mol. The van der Waals surface area contributed by atoms with E-state index < -0.39 is 10.0 Å². The number of thiazole rings is 1. The van der Waals surface area contributed by atoms with Crippen molar-refractivity contribution in [2.75, 3.05) is 37.6 Å². The van der Waals surface area contributed by atoms with Crippen molar-refractivity contribution in [2.45, 2.75) is 57.4 Å². The van der Waals surface area contributed by atoms with Gasteiger partial charge in [0.1, 0.15) is 5.52 Å². The number of rotatable bonds is 10. The highest BCUT2D eigenvalue weighted by Gasteiger charge is 2.32. The van der Waals surface area contributed by atoms with Gasteiger partial charge in [0.05, 0.1) is 14.6 Å². The first kappa shape index (κ1) is 28.0. The standard InChI is InChI=1S/C27H35ClN4O3S2/c1-4-21-10-7-8-17-32(21)37(34,35)22-15-13-20(14-16-22)26(33)31(19-18-30(5-2)6-3)27-29-25-23(28)11-9-12-24(25)36-27/h9,11-16,21H,4-8,10,17-19H2,1-3H3. The first-order chi connectivity index (χ1) is 17.8. The molecule has 1 aliphatic rings. The van der Waals surface area contributed by atoms with Gasteiger partial charge in [0.2, 0.25) is 10.0 Å². The number of likely N-dealkylation sites (N-methyl/N-ethyl adjacent to an activating group) is 1. The first-order valence-electron chi connectivity index (χ1n) is 13.0. The third-order valence-corrected chi connectivity index (χ3v) is 10.4. The number of para-hydroxylation sites is 1. The SMILES string of the molecule is CCC1CCCCN1S(=O)(=O)c1ccc(C(=O)N(CCN(CC)CC)c2nc3c(Cl)cccc3s2)cc1. The monoisotopic (exact) mass is 562 g/mol. The van der Waals surface area contributed by atoms with Crippen molar-refractivity contribution in [1.82, 2.24) is 14.2 Å². The molecule has 1 unspecified atom stereocenters. The topological polar surface area (TPSA) is 73.8 Å². The zero-order valence-corrected chi connectivity index (χ0v) is 24.1. The Morgan fingerprint density at radius 3 is 2.46 bits per heavy atom. The summed E-state index contributed by atoms with van der Waals surface area (Å²) < 4.78 is 29.3. The van der Waals surface area contributed by atoms with Gasteiger partial charge in [-0.05, 0) is 68.8 Å². The Bertz CT molecular complexity index is 1320. The lowest BCUT2D eigenvalue weighted by atomic mass is 10.0. The molecule has 0 radical (unpaired) electrons. The predicted octanol–water partition coefficient (Wildman–Crippen LogP) is 5.89. The Hall–Kier alpha value is -2.04. The molecule has 0 spiro atoms. The smallest absolute Gasteiger partial charge is 0.260 e. The number of carbonyl (C=O) groups is 1. The summed E-state index contributed by atoms with van der Waals surface area (Å²) >= 11 is 7.79. The average molecular weight is 563 g/mol. The van der Waals surface area contributed by atoms with Crippen LogP contribution in [0.4, 0.5) is 5.13 Å². The summed E-state index contributed by atoms with van der Waals surface area (Å²) in [5, 5.41) is 1.13. The number of sulfonamides is 1. The van der Waals surface area contributed by atoms with Crippen molar-refractivity contribution >= 4 is 54.2 Å². The van der Waals surface area contributed by atoms with Crippen LogP contribution < -0.4 is 4.90 Å². The van der Waals surface area contributed by atoms with Crippen molar-refractivity contribution in [3.8, 4) is 0 Å². The lowest BCUT2D eigenvalue weighted by molar-refractivity contribution is 0.0983. The quantitative estimate of drug-likeness (QED) is 0.308. The third kappa shape index (κ3) is 6.01. The third-order valence-electron chi connectivity index (χ3n) is 7.12. The molecule has 200 valence electrons. The molecule has 0 bridgehead atoms. The number of piperidine rings is 1. The van der Waals surface area contributed by atoms with Crippen LogP contribution in [0.25, 0.3) is 10.2 Å². The molecule has 1 aliphatic heterocycles. The Morgan fingerprint density at radius 1 is 1.08 bits per heavy atom. The molecule has 4 rings (SSSR count). The molecular formula is C27H35ClN4O3S2. The number of anilines is 1. The van der Waals surface area contributed by atoms with Gasteiger partial charge in [0.25, 0.3) is 5.91 Å². The summed E-state index contributed by atoms with van der Waals surface area (Å²) in [5.74, 6) is -0.212. The maximum atomic E-state index is 13.7. The molecule has 3 aromatic rings. The van der Waals surface area contributed by atoms with Crippen LogP contribution in [0.1, 0.15) is 56.8 Å². The minimum atomic E-state index is -3.61. The summed E-state index contributed by atoms with van der Waals surface area (Å²) in [7, 11) is -3.61. The van der Waals surface area contributed by atoms with E-state index in [1.165, 1.54) is 11.3 Å². The number of hydrogen-bond donors (Lipinski definition) is 0. The van der Waals surface area contributed by atoms with Crippen molar-refractivity contribution in [3.63, 3.8) is 0 Å². The summed E-state index contributed by atoms with van der Waals surface area (Å²) in [6.45, 7) is 9.68. The van der Waals surface area contributed by atoms with Gasteiger partial charge < -0.3 is 4.90 Å². The van der Waals surface area contributed by atoms with Crippen LogP contribution in [-0.4, -0.2) is 67.3 Å². The Morgan fingerprint density at radius 2 is 1.81 bits per heavy atom. The van der Waals surface area contributed by atoms with E-state index >= 15 is 0 Å². The number of amides is 1. The molecule has 1 amide bonds. The largest absolute Gasteiger partial charge is 0.302 e. The summed E-state index contributed by atoms with van der Waals surface area (Å²) in [6.07, 6.45) is 3.61. The second-order valence-corrected chi connectivity index (χ2v) is 12.6. The van der Waals surface area contributed by atoms with Crippen LogP contribution >= 0.6 is 22.9 Å². The van der Waals surface area contributed by atoms with E-state index in [2.05, 4.69) is 18.7 Å². The fourth-order valence-corrected chi connectivity index (χ4v) is 7.90. The molecule has 7 nitrogen and oxygen atoms in total. The van der Waals surface area contributed by atoms with E-state index in [1.54, 1.807) is 39.5 Å². The fraction of sp³-hybridized carbons (Fsp3) is 0.481. The van der Waals surface area contributed by atoms with E-state index in [4.69, 9.17) is 16.6 Å². The number of benzene rings is 2. The summed E-state index contributed by atoms with van der Waals surface area (Å²) in [4.78, 5) is 22.6. The van der Waals surface area contributed by atoms with Crippen LogP contribution in [-0.2, 0) is 10.0 Å². The number of aromatic nitrogens is 1. The van der Waals surface area contributed by atoms with Crippen molar-refractivity contribution < 1.29 is 13.2 Å². The maximum absolute atomic E-state index is 13.7. The van der Waals surface area contributed by atoms with Gasteiger partial charge in [0.15, 0.2) is 5.13 Å². The minimum Gasteiger partial charge on any atom is -0.302 e. The average Bonchev–Trinajstić information content (AvgIpc) is 3.36. The van der Waals surface area contributed by atoms with Gasteiger partial charge in [-0.3, -0.25) is 9.69 Å². The van der Waals surface area contributed by atoms with Crippen LogP contribution in [0, 0.1) is 0 Å². The summed E-state index contributed by atoms with van der Waals surface area (Å²) in [6, 6.07) is 12.0. The van der Waals surface area contributed by atoms with Crippen molar-refractivity contribution in [1.29, 1.82) is 0 Å². The second kappa shape index (κ2) is 12.2. The summed E-state index contributed by atoms with van der Waals surface area (Å²) in [5.41, 5.74) is 1.10. The molecule has 1 atom stereocenters. The molecule has 2 aromatic carbocycles. The molecule has 0 aliphatic carbocycles. The number of halogens is 1. The van der Waals surface area contributed by atoms with Crippen LogP contribution in [0.2, 0.25) is 5.02 Å². The van der Waals surface area contributed by atoms with Crippen LogP contribution in [0.3, 0.4) is 0 Å². The molecule has 0 N–H and O–H groups in total. The van der Waals surface area contributed by atoms with Gasteiger partial charge in [0, 0.05) is 31.2 Å². The van der Waals surface area contributed by atoms with E-state index in [9.17, 15) is 13.2 Å². The van der Waals surface area contributed by atoms with Gasteiger partial charge in [-0.2, -0.15) is 4.31 Å². The van der Waals surface area contributed by atoms with E-state index in [0.29, 0.717) is 40.9 Å². The Balaban J connectivity index is 1.63. The van der Waals surface area contributed by atoms with Crippen LogP contribution in [0.5, 0.6) is 0 Å². The fourth-order valence-electron chi connectivity index (χ4n) is 4.84. The molecule has 1 fully saturated rings. The molecular weight excluding hydrogens is 528 g/mol. The number of hydrogen-bond acceptors (Lipinski definition) is 6. The zero-order chi connectivity index (χ0) is 26.6. The van der Waals surface area contributed by atoms with Gasteiger partial charge >= 0.3 is 0 Å². The molecule has 37 heavy (non-hydrogen) atoms. The Labute approximate surface area is 229 Å². The highest BCUT2D eigenvalue weighted by atomic mass is 35.5. The molecule has 10 heteroatoms. The maximum Gasteiger partial charge on any atom is 0.260 e. The lowest BCUT2D eigenvalue weighted by Crippen LogP contribution is -2.43. The number of fused-ring (bicyclic) bond motifs is 1.